The maximum atomic E-state index is 14.1. The van der Waals surface area contributed by atoms with Gasteiger partial charge in [-0.3, -0.25) is 10.00 Å². The van der Waals surface area contributed by atoms with Crippen LogP contribution in [0.5, 0.6) is 0 Å². The third-order valence-corrected chi connectivity index (χ3v) is 4.33. The molecule has 0 aliphatic carbocycles. The Morgan fingerprint density at radius 2 is 2.17 bits per heavy atom. The Morgan fingerprint density at radius 3 is 3.00 bits per heavy atom. The molecule has 3 aromatic rings. The van der Waals surface area contributed by atoms with Crippen molar-refractivity contribution in [3.63, 3.8) is 0 Å². The number of furan rings is 1. The van der Waals surface area contributed by atoms with E-state index in [0.717, 1.165) is 48.8 Å². The Balaban J connectivity index is 1.52. The second-order valence-electron chi connectivity index (χ2n) is 5.91. The molecule has 4 rings (SSSR count). The maximum absolute atomic E-state index is 14.1. The molecule has 1 N–H and O–H groups in total. The molecule has 0 unspecified atom stereocenters. The van der Waals surface area contributed by atoms with Crippen molar-refractivity contribution in [2.45, 2.75) is 13.0 Å². The van der Waals surface area contributed by atoms with Crippen molar-refractivity contribution in [2.24, 2.45) is 0 Å². The van der Waals surface area contributed by atoms with Gasteiger partial charge in [-0.05, 0) is 30.3 Å². The summed E-state index contributed by atoms with van der Waals surface area (Å²) in [5.74, 6) is 0.615. The number of hydrogen-bond acceptors (Lipinski definition) is 3. The fraction of sp³-hybridized carbons (Fsp3) is 0.211. The number of rotatable bonds is 4. The molecular weight excluding hydrogens is 305 g/mol. The molecule has 4 nitrogen and oxygen atoms in total. The fourth-order valence-electron chi connectivity index (χ4n) is 3.09. The lowest BCUT2D eigenvalue weighted by atomic mass is 10.0. The molecule has 24 heavy (non-hydrogen) atoms. The predicted molar refractivity (Wildman–Crippen MR) is 90.7 cm³/mol. The molecule has 0 radical (unpaired) electrons. The molecule has 0 bridgehead atoms. The molecule has 2 aromatic heterocycles. The molecule has 1 aromatic carbocycles. The van der Waals surface area contributed by atoms with E-state index in [2.05, 4.69) is 21.2 Å². The van der Waals surface area contributed by atoms with Gasteiger partial charge in [-0.15, -0.1) is 0 Å². The molecule has 0 fully saturated rings. The van der Waals surface area contributed by atoms with Gasteiger partial charge in [0.15, 0.2) is 0 Å². The van der Waals surface area contributed by atoms with Gasteiger partial charge >= 0.3 is 0 Å². The number of aromatic nitrogens is 2. The molecule has 0 saturated carbocycles. The van der Waals surface area contributed by atoms with Crippen molar-refractivity contribution in [1.29, 1.82) is 0 Å². The zero-order chi connectivity index (χ0) is 16.4. The standard InChI is InChI=1S/C19H18FN3O/c20-17-8-2-1-7-15(17)19-16-13-23(11-9-18(16)21-22-19)10-3-5-14-6-4-12-24-14/h1-8,12H,9-11,13H2,(H,21,22). The summed E-state index contributed by atoms with van der Waals surface area (Å²) in [7, 11) is 0. The van der Waals surface area contributed by atoms with Crippen LogP contribution < -0.4 is 0 Å². The number of nitrogens with zero attached hydrogens (tertiary/aromatic N) is 2. The minimum atomic E-state index is -0.235. The van der Waals surface area contributed by atoms with Crippen LogP contribution in [0.1, 0.15) is 17.0 Å². The first-order valence-corrected chi connectivity index (χ1v) is 8.04. The van der Waals surface area contributed by atoms with Gasteiger partial charge in [0.25, 0.3) is 0 Å². The summed E-state index contributed by atoms with van der Waals surface area (Å²) in [6.07, 6.45) is 6.62. The van der Waals surface area contributed by atoms with Crippen LogP contribution in [-0.4, -0.2) is 28.2 Å². The molecule has 5 heteroatoms. The van der Waals surface area contributed by atoms with E-state index in [1.54, 1.807) is 18.4 Å². The molecule has 0 spiro atoms. The lowest BCUT2D eigenvalue weighted by molar-refractivity contribution is 0.281. The molecule has 3 heterocycles. The van der Waals surface area contributed by atoms with E-state index in [9.17, 15) is 4.39 Å². The minimum absolute atomic E-state index is 0.235. The van der Waals surface area contributed by atoms with Crippen molar-refractivity contribution < 1.29 is 8.81 Å². The number of nitrogens with one attached hydrogen (secondary N) is 1. The molecule has 0 atom stereocenters. The van der Waals surface area contributed by atoms with E-state index in [1.807, 2.05) is 24.3 Å². The Bertz CT molecular complexity index is 851. The smallest absolute Gasteiger partial charge is 0.132 e. The second kappa shape index (κ2) is 6.45. The van der Waals surface area contributed by atoms with E-state index in [0.29, 0.717) is 5.56 Å². The maximum Gasteiger partial charge on any atom is 0.132 e. The van der Waals surface area contributed by atoms with E-state index in [-0.39, 0.29) is 5.82 Å². The summed E-state index contributed by atoms with van der Waals surface area (Å²) in [4.78, 5) is 2.32. The minimum Gasteiger partial charge on any atom is -0.465 e. The van der Waals surface area contributed by atoms with Crippen LogP contribution in [-0.2, 0) is 13.0 Å². The lowest BCUT2D eigenvalue weighted by Gasteiger charge is -2.25. The summed E-state index contributed by atoms with van der Waals surface area (Å²) in [5.41, 5.74) is 3.49. The second-order valence-corrected chi connectivity index (χ2v) is 5.91. The zero-order valence-corrected chi connectivity index (χ0v) is 13.2. The number of H-pyrrole nitrogens is 1. The Kier molecular flexibility index (Phi) is 4.01. The molecule has 1 aliphatic heterocycles. The van der Waals surface area contributed by atoms with Crippen LogP contribution in [0, 0.1) is 5.82 Å². The largest absolute Gasteiger partial charge is 0.465 e. The summed E-state index contributed by atoms with van der Waals surface area (Å²) < 4.78 is 19.4. The summed E-state index contributed by atoms with van der Waals surface area (Å²) in [6.45, 7) is 2.54. The highest BCUT2D eigenvalue weighted by Gasteiger charge is 2.23. The number of fused-ring (bicyclic) bond motifs is 1. The van der Waals surface area contributed by atoms with E-state index in [4.69, 9.17) is 4.42 Å². The van der Waals surface area contributed by atoms with Crippen molar-refractivity contribution in [3.05, 3.63) is 71.6 Å². The number of aromatic amines is 1. The molecular formula is C19H18FN3O. The van der Waals surface area contributed by atoms with Crippen molar-refractivity contribution in [3.8, 4) is 11.3 Å². The lowest BCUT2D eigenvalue weighted by Crippen LogP contribution is -2.30. The van der Waals surface area contributed by atoms with Crippen molar-refractivity contribution in [2.75, 3.05) is 13.1 Å². The normalized spacial score (nSPS) is 15.0. The van der Waals surface area contributed by atoms with Crippen molar-refractivity contribution in [1.82, 2.24) is 15.1 Å². The predicted octanol–water partition coefficient (Wildman–Crippen LogP) is 3.88. The monoisotopic (exact) mass is 323 g/mol. The first-order chi connectivity index (χ1) is 11.8. The highest BCUT2D eigenvalue weighted by molar-refractivity contribution is 5.65. The fourth-order valence-corrected chi connectivity index (χ4v) is 3.09. The van der Waals surface area contributed by atoms with Gasteiger partial charge in [-0.1, -0.05) is 18.2 Å². The van der Waals surface area contributed by atoms with Gasteiger partial charge in [0, 0.05) is 42.9 Å². The molecule has 0 amide bonds. The molecule has 0 saturated heterocycles. The van der Waals surface area contributed by atoms with Crippen LogP contribution in [0.3, 0.4) is 0 Å². The van der Waals surface area contributed by atoms with Gasteiger partial charge in [-0.25, -0.2) is 4.39 Å². The SMILES string of the molecule is Fc1ccccc1-c1n[nH]c2c1CN(CC=Cc1ccco1)CC2. The van der Waals surface area contributed by atoms with Crippen LogP contribution in [0.2, 0.25) is 0 Å². The third kappa shape index (κ3) is 2.90. The van der Waals surface area contributed by atoms with E-state index in [1.165, 1.54) is 6.07 Å². The quantitative estimate of drug-likeness (QED) is 0.792. The van der Waals surface area contributed by atoms with Crippen LogP contribution in [0.25, 0.3) is 17.3 Å². The van der Waals surface area contributed by atoms with Gasteiger partial charge in [0.2, 0.25) is 0 Å². The van der Waals surface area contributed by atoms with E-state index < -0.39 is 0 Å². The highest BCUT2D eigenvalue weighted by atomic mass is 19.1. The Hall–Kier alpha value is -2.66. The average Bonchev–Trinajstić information content (AvgIpc) is 3.25. The van der Waals surface area contributed by atoms with Crippen LogP contribution >= 0.6 is 0 Å². The van der Waals surface area contributed by atoms with Crippen LogP contribution in [0.15, 0.2) is 53.2 Å². The summed E-state index contributed by atoms with van der Waals surface area (Å²) in [5, 5.41) is 7.43. The molecule has 122 valence electrons. The van der Waals surface area contributed by atoms with Gasteiger partial charge in [0.05, 0.1) is 12.0 Å². The number of hydrogen-bond donors (Lipinski definition) is 1. The van der Waals surface area contributed by atoms with Crippen molar-refractivity contribution >= 4 is 6.08 Å². The zero-order valence-electron chi connectivity index (χ0n) is 13.2. The number of halogens is 1. The van der Waals surface area contributed by atoms with Crippen LogP contribution in [0.4, 0.5) is 4.39 Å². The average molecular weight is 323 g/mol. The first-order valence-electron chi connectivity index (χ1n) is 8.04. The van der Waals surface area contributed by atoms with Gasteiger partial charge in [-0.2, -0.15) is 5.10 Å². The first kappa shape index (κ1) is 14.9. The van der Waals surface area contributed by atoms with E-state index >= 15 is 0 Å². The molecule has 1 aliphatic rings. The topological polar surface area (TPSA) is 45.1 Å². The summed E-state index contributed by atoms with van der Waals surface area (Å²) >= 11 is 0. The Labute approximate surface area is 139 Å². The van der Waals surface area contributed by atoms with Gasteiger partial charge < -0.3 is 4.42 Å². The van der Waals surface area contributed by atoms with Gasteiger partial charge in [0.1, 0.15) is 11.6 Å². The Morgan fingerprint density at radius 1 is 1.25 bits per heavy atom. The number of benzene rings is 1. The summed E-state index contributed by atoms with van der Waals surface area (Å²) in [6, 6.07) is 10.6. The highest BCUT2D eigenvalue weighted by Crippen LogP contribution is 2.29. The third-order valence-electron chi connectivity index (χ3n) is 4.33.